The summed E-state index contributed by atoms with van der Waals surface area (Å²) in [5.41, 5.74) is 7.15. The van der Waals surface area contributed by atoms with E-state index in [0.717, 1.165) is 74.3 Å². The highest BCUT2D eigenvalue weighted by molar-refractivity contribution is 5.92. The van der Waals surface area contributed by atoms with Crippen LogP contribution in [0.25, 0.3) is 44.3 Å². The minimum Gasteiger partial charge on any atom is -0.487 e. The highest BCUT2D eigenvalue weighted by atomic mass is 16.5. The van der Waals surface area contributed by atoms with Crippen LogP contribution in [0.15, 0.2) is 77.3 Å². The van der Waals surface area contributed by atoms with Gasteiger partial charge in [-0.25, -0.2) is 9.97 Å². The molecular formula is C35H30N4O4. The summed E-state index contributed by atoms with van der Waals surface area (Å²) in [5, 5.41) is 15.9. The van der Waals surface area contributed by atoms with Crippen LogP contribution in [0.1, 0.15) is 48.5 Å². The average Bonchev–Trinajstić information content (AvgIpc) is 3.73. The molecule has 1 saturated carbocycles. The monoisotopic (exact) mass is 570 g/mol. The van der Waals surface area contributed by atoms with Gasteiger partial charge in [-0.15, -0.1) is 0 Å². The average molecular weight is 571 g/mol. The Balaban J connectivity index is 1.30. The third-order valence-corrected chi connectivity index (χ3v) is 9.15. The van der Waals surface area contributed by atoms with Gasteiger partial charge >= 0.3 is 5.97 Å². The number of carboxylic acids is 1. The van der Waals surface area contributed by atoms with Gasteiger partial charge in [-0.1, -0.05) is 60.5 Å². The van der Waals surface area contributed by atoms with Gasteiger partial charge in [0, 0.05) is 30.0 Å². The lowest BCUT2D eigenvalue weighted by Gasteiger charge is -2.24. The van der Waals surface area contributed by atoms with Gasteiger partial charge in [0.2, 0.25) is 0 Å². The van der Waals surface area contributed by atoms with E-state index in [1.165, 1.54) is 0 Å². The molecule has 6 aromatic rings. The van der Waals surface area contributed by atoms with Gasteiger partial charge in [-0.3, -0.25) is 4.79 Å². The fourth-order valence-electron chi connectivity index (χ4n) is 6.88. The molecule has 4 heterocycles. The maximum absolute atomic E-state index is 12.5. The lowest BCUT2D eigenvalue weighted by atomic mass is 9.82. The fourth-order valence-corrected chi connectivity index (χ4v) is 6.88. The quantitative estimate of drug-likeness (QED) is 0.223. The lowest BCUT2D eigenvalue weighted by Crippen LogP contribution is -2.31. The molecule has 3 aromatic carbocycles. The van der Waals surface area contributed by atoms with Crippen LogP contribution in [0.3, 0.4) is 0 Å². The molecule has 1 N–H and O–H groups in total. The molecule has 0 amide bonds. The third-order valence-electron chi connectivity index (χ3n) is 9.15. The minimum absolute atomic E-state index is 0.265. The van der Waals surface area contributed by atoms with E-state index in [1.54, 1.807) is 0 Å². The van der Waals surface area contributed by atoms with Crippen molar-refractivity contribution < 1.29 is 19.2 Å². The Morgan fingerprint density at radius 1 is 1.00 bits per heavy atom. The van der Waals surface area contributed by atoms with Crippen molar-refractivity contribution in [2.75, 3.05) is 0 Å². The number of rotatable bonds is 6. The summed E-state index contributed by atoms with van der Waals surface area (Å²) < 4.78 is 14.4. The lowest BCUT2D eigenvalue weighted by molar-refractivity contribution is -0.148. The number of nitrogens with zero attached hydrogens (tertiary/aromatic N) is 4. The molecule has 8 nitrogen and oxygen atoms in total. The predicted molar refractivity (Wildman–Crippen MR) is 163 cm³/mol. The molecule has 0 spiro atoms. The molecule has 0 radical (unpaired) electrons. The van der Waals surface area contributed by atoms with Gasteiger partial charge in [0.05, 0.1) is 33.2 Å². The van der Waals surface area contributed by atoms with Crippen molar-refractivity contribution in [1.29, 1.82) is 0 Å². The Hall–Kier alpha value is -4.98. The van der Waals surface area contributed by atoms with E-state index in [9.17, 15) is 9.90 Å². The van der Waals surface area contributed by atoms with Crippen molar-refractivity contribution in [2.45, 2.75) is 52.2 Å². The predicted octanol–water partition coefficient (Wildman–Crippen LogP) is 7.34. The van der Waals surface area contributed by atoms with Crippen LogP contribution < -0.4 is 4.74 Å². The maximum Gasteiger partial charge on any atom is 0.310 e. The summed E-state index contributed by atoms with van der Waals surface area (Å²) in [4.78, 5) is 22.4. The molecule has 0 unspecified atom stereocenters. The molecule has 8 heteroatoms. The molecule has 1 aliphatic carbocycles. The van der Waals surface area contributed by atoms with Crippen molar-refractivity contribution in [2.24, 2.45) is 5.41 Å². The molecule has 1 fully saturated rings. The van der Waals surface area contributed by atoms with E-state index in [-0.39, 0.29) is 6.61 Å². The maximum atomic E-state index is 12.5. The first-order valence-corrected chi connectivity index (χ1v) is 14.8. The molecular weight excluding hydrogens is 540 g/mol. The zero-order chi connectivity index (χ0) is 29.1. The number of carboxylic acid groups (broad SMARTS) is 1. The smallest absolute Gasteiger partial charge is 0.310 e. The molecule has 0 atom stereocenters. The standard InChI is InChI=1S/C35H30N4O4/c1-21-32-24-9-6-7-22(15-24)19-39-29-16-26(33(32)38-43-21)30(42-20-25-12-11-23-8-2-3-10-27(23)36-25)17-28(29)37-31(39)18-35(34(40)41)13-4-5-14-35/h2-3,6-12,15-17H,4-5,13-14,18-20H2,1H3,(H,40,41). The molecule has 0 saturated heterocycles. The van der Waals surface area contributed by atoms with Gasteiger partial charge < -0.3 is 18.9 Å². The van der Waals surface area contributed by atoms with Gasteiger partial charge in [-0.05, 0) is 55.2 Å². The van der Waals surface area contributed by atoms with E-state index in [2.05, 4.69) is 40.1 Å². The van der Waals surface area contributed by atoms with Crippen molar-refractivity contribution in [3.05, 3.63) is 95.6 Å². The number of hydrogen-bond donors (Lipinski definition) is 1. The second-order valence-electron chi connectivity index (χ2n) is 11.9. The van der Waals surface area contributed by atoms with Crippen LogP contribution in [0, 0.1) is 12.3 Å². The Bertz CT molecular complexity index is 2050. The van der Waals surface area contributed by atoms with Gasteiger partial charge in [0.1, 0.15) is 29.6 Å². The van der Waals surface area contributed by atoms with Crippen molar-refractivity contribution in [3.63, 3.8) is 0 Å². The van der Waals surface area contributed by atoms with Crippen LogP contribution in [-0.2, 0) is 24.4 Å². The number of aryl methyl sites for hydroxylation is 1. The van der Waals surface area contributed by atoms with Gasteiger partial charge in [0.25, 0.3) is 0 Å². The first kappa shape index (κ1) is 25.7. The van der Waals surface area contributed by atoms with Crippen molar-refractivity contribution >= 4 is 27.9 Å². The molecule has 1 aliphatic heterocycles. The Labute approximate surface area is 247 Å². The molecule has 43 heavy (non-hydrogen) atoms. The van der Waals surface area contributed by atoms with Crippen molar-refractivity contribution in [3.8, 4) is 28.1 Å². The Morgan fingerprint density at radius 3 is 2.72 bits per heavy atom. The van der Waals surface area contributed by atoms with Gasteiger partial charge in [-0.2, -0.15) is 0 Å². The van der Waals surface area contributed by atoms with Crippen LogP contribution in [-0.4, -0.2) is 30.8 Å². The number of hydrogen-bond acceptors (Lipinski definition) is 6. The summed E-state index contributed by atoms with van der Waals surface area (Å²) in [6.07, 6.45) is 3.57. The highest BCUT2D eigenvalue weighted by Gasteiger charge is 2.42. The molecule has 214 valence electrons. The molecule has 2 aliphatic rings. The summed E-state index contributed by atoms with van der Waals surface area (Å²) in [6, 6.07) is 24.5. The largest absolute Gasteiger partial charge is 0.487 e. The molecule has 8 rings (SSSR count). The second kappa shape index (κ2) is 9.80. The number of imidazole rings is 1. The van der Waals surface area contributed by atoms with Crippen LogP contribution >= 0.6 is 0 Å². The van der Waals surface area contributed by atoms with Crippen molar-refractivity contribution in [1.82, 2.24) is 19.7 Å². The number of pyridine rings is 1. The van der Waals surface area contributed by atoms with E-state index >= 15 is 0 Å². The zero-order valence-electron chi connectivity index (χ0n) is 23.8. The number of aliphatic carboxylic acids is 1. The number of ether oxygens (including phenoxy) is 1. The number of aromatic nitrogens is 4. The van der Waals surface area contributed by atoms with Gasteiger partial charge in [0.15, 0.2) is 0 Å². The number of benzene rings is 3. The molecule has 3 aromatic heterocycles. The third kappa shape index (κ3) is 4.28. The first-order chi connectivity index (χ1) is 21.0. The minimum atomic E-state index is -0.793. The Kier molecular flexibility index (Phi) is 5.86. The summed E-state index contributed by atoms with van der Waals surface area (Å²) in [6.45, 7) is 2.77. The van der Waals surface area contributed by atoms with Crippen LogP contribution in [0.4, 0.5) is 0 Å². The fraction of sp³-hybridized carbons (Fsp3) is 0.257. The highest BCUT2D eigenvalue weighted by Crippen LogP contribution is 2.44. The number of fused-ring (bicyclic) bond motifs is 7. The zero-order valence-corrected chi connectivity index (χ0v) is 23.8. The van der Waals surface area contributed by atoms with Crippen LogP contribution in [0.5, 0.6) is 5.75 Å². The SMILES string of the molecule is Cc1onc2c1-c1cccc(c1)Cn1c(CC3(C(=O)O)CCCC3)nc3cc(OCc4ccc5ccccc5n4)c-2cc31. The van der Waals surface area contributed by atoms with E-state index < -0.39 is 11.4 Å². The summed E-state index contributed by atoms with van der Waals surface area (Å²) in [5.74, 6) is 1.40. The topological polar surface area (TPSA) is 103 Å². The van der Waals surface area contributed by atoms with E-state index in [4.69, 9.17) is 19.2 Å². The number of para-hydroxylation sites is 1. The first-order valence-electron chi connectivity index (χ1n) is 14.8. The van der Waals surface area contributed by atoms with E-state index in [0.29, 0.717) is 37.3 Å². The number of carbonyl (C=O) groups is 1. The molecule has 4 bridgehead atoms. The summed E-state index contributed by atoms with van der Waals surface area (Å²) >= 11 is 0. The summed E-state index contributed by atoms with van der Waals surface area (Å²) in [7, 11) is 0. The van der Waals surface area contributed by atoms with Crippen LogP contribution in [0.2, 0.25) is 0 Å². The second-order valence-corrected chi connectivity index (χ2v) is 11.9. The van der Waals surface area contributed by atoms with E-state index in [1.807, 2.05) is 49.4 Å². The normalized spacial score (nSPS) is 15.2. The Morgan fingerprint density at radius 2 is 1.86 bits per heavy atom.